The number of anilines is 2. The summed E-state index contributed by atoms with van der Waals surface area (Å²) in [7, 11) is 0. The molecule has 0 fully saturated rings. The summed E-state index contributed by atoms with van der Waals surface area (Å²) in [6.07, 6.45) is 2.03. The number of nitrogens with two attached hydrogens (primary N) is 1. The Morgan fingerprint density at radius 3 is 3.11 bits per heavy atom. The van der Waals surface area contributed by atoms with E-state index in [1.807, 2.05) is 24.5 Å². The molecule has 19 heavy (non-hydrogen) atoms. The van der Waals surface area contributed by atoms with E-state index in [0.717, 1.165) is 28.7 Å². The molecular weight excluding hydrogens is 278 g/mol. The Kier molecular flexibility index (Phi) is 3.52. The summed E-state index contributed by atoms with van der Waals surface area (Å²) in [6.45, 7) is 2.37. The number of benzene rings is 1. The van der Waals surface area contributed by atoms with Crippen LogP contribution in [0.15, 0.2) is 29.2 Å². The molecule has 2 aromatic rings. The normalized spacial score (nSPS) is 14.7. The van der Waals surface area contributed by atoms with Crippen LogP contribution in [0.25, 0.3) is 0 Å². The maximum atomic E-state index is 5.91. The van der Waals surface area contributed by atoms with Gasteiger partial charge in [0.25, 0.3) is 0 Å². The first-order chi connectivity index (χ1) is 9.29. The Labute approximate surface area is 120 Å². The van der Waals surface area contributed by atoms with Gasteiger partial charge in [-0.1, -0.05) is 18.2 Å². The molecule has 0 aliphatic carbocycles. The van der Waals surface area contributed by atoms with Crippen LogP contribution in [-0.2, 0) is 6.54 Å². The van der Waals surface area contributed by atoms with Gasteiger partial charge in [0.05, 0.1) is 11.4 Å². The van der Waals surface area contributed by atoms with Crippen LogP contribution in [-0.4, -0.2) is 23.8 Å². The standard InChI is InChI=1S/C13H15N3OS2/c1-18-11-12(14)15-19-13(11)16-6-7-17-10-5-3-2-4-9(10)8-16/h2-5H,6-8H2,1H3,(H2,14,15). The third-order valence-corrected chi connectivity index (χ3v) is 4.96. The highest BCUT2D eigenvalue weighted by atomic mass is 32.2. The lowest BCUT2D eigenvalue weighted by atomic mass is 10.2. The number of thioether (sulfide) groups is 1. The third-order valence-electron chi connectivity index (χ3n) is 3.10. The Morgan fingerprint density at radius 2 is 2.26 bits per heavy atom. The second-order valence-electron chi connectivity index (χ2n) is 4.28. The highest BCUT2D eigenvalue weighted by molar-refractivity contribution is 7.99. The van der Waals surface area contributed by atoms with Crippen molar-refractivity contribution in [3.8, 4) is 5.75 Å². The van der Waals surface area contributed by atoms with Crippen molar-refractivity contribution in [3.63, 3.8) is 0 Å². The first kappa shape index (κ1) is 12.6. The molecule has 0 spiro atoms. The van der Waals surface area contributed by atoms with Crippen LogP contribution in [0.3, 0.4) is 0 Å². The van der Waals surface area contributed by atoms with Crippen molar-refractivity contribution in [2.45, 2.75) is 11.4 Å². The van der Waals surface area contributed by atoms with Crippen molar-refractivity contribution in [2.24, 2.45) is 0 Å². The Morgan fingerprint density at radius 1 is 1.42 bits per heavy atom. The van der Waals surface area contributed by atoms with Crippen molar-refractivity contribution in [2.75, 3.05) is 30.0 Å². The number of rotatable bonds is 2. The van der Waals surface area contributed by atoms with Gasteiger partial charge in [0.1, 0.15) is 17.4 Å². The van der Waals surface area contributed by atoms with Gasteiger partial charge >= 0.3 is 0 Å². The van der Waals surface area contributed by atoms with Crippen LogP contribution in [0.4, 0.5) is 10.8 Å². The van der Waals surface area contributed by atoms with E-state index >= 15 is 0 Å². The first-order valence-corrected chi connectivity index (χ1v) is 8.04. The second-order valence-corrected chi connectivity index (χ2v) is 5.85. The molecule has 0 saturated heterocycles. The number of nitrogen functional groups attached to an aromatic ring is 1. The molecule has 2 heterocycles. The van der Waals surface area contributed by atoms with Crippen molar-refractivity contribution in [1.29, 1.82) is 0 Å². The summed E-state index contributed by atoms with van der Waals surface area (Å²) in [5, 5.41) is 1.14. The van der Waals surface area contributed by atoms with E-state index in [9.17, 15) is 0 Å². The molecule has 100 valence electrons. The molecule has 2 N–H and O–H groups in total. The summed E-state index contributed by atoms with van der Waals surface area (Å²) >= 11 is 3.12. The molecule has 1 aliphatic heterocycles. The maximum Gasteiger partial charge on any atom is 0.153 e. The summed E-state index contributed by atoms with van der Waals surface area (Å²) in [5.74, 6) is 1.61. The van der Waals surface area contributed by atoms with Gasteiger partial charge in [-0.05, 0) is 23.9 Å². The van der Waals surface area contributed by atoms with Crippen LogP contribution in [0, 0.1) is 0 Å². The van der Waals surface area contributed by atoms with Gasteiger partial charge in [-0.2, -0.15) is 4.37 Å². The van der Waals surface area contributed by atoms with Crippen molar-refractivity contribution in [1.82, 2.24) is 4.37 Å². The van der Waals surface area contributed by atoms with Crippen LogP contribution in [0.2, 0.25) is 0 Å². The number of hydrogen-bond acceptors (Lipinski definition) is 6. The van der Waals surface area contributed by atoms with Gasteiger partial charge in [-0.3, -0.25) is 0 Å². The number of para-hydroxylation sites is 1. The van der Waals surface area contributed by atoms with E-state index in [4.69, 9.17) is 10.5 Å². The number of nitrogens with zero attached hydrogens (tertiary/aromatic N) is 2. The SMILES string of the molecule is CSc1c(N)nsc1N1CCOc2ccccc2C1. The molecular formula is C13H15N3OS2. The van der Waals surface area contributed by atoms with Crippen LogP contribution in [0.1, 0.15) is 5.56 Å². The molecule has 0 atom stereocenters. The monoisotopic (exact) mass is 293 g/mol. The Bertz CT molecular complexity index is 585. The van der Waals surface area contributed by atoms with E-state index in [0.29, 0.717) is 12.4 Å². The third kappa shape index (κ3) is 2.37. The maximum absolute atomic E-state index is 5.91. The van der Waals surface area contributed by atoms with E-state index in [1.54, 1.807) is 11.8 Å². The molecule has 6 heteroatoms. The zero-order chi connectivity index (χ0) is 13.2. The summed E-state index contributed by atoms with van der Waals surface area (Å²) in [5.41, 5.74) is 7.12. The van der Waals surface area contributed by atoms with Crippen LogP contribution < -0.4 is 15.4 Å². The first-order valence-electron chi connectivity index (χ1n) is 6.04. The molecule has 0 radical (unpaired) electrons. The average Bonchev–Trinajstić information content (AvgIpc) is 2.68. The van der Waals surface area contributed by atoms with Gasteiger partial charge in [0.15, 0.2) is 5.82 Å². The van der Waals surface area contributed by atoms with Gasteiger partial charge in [-0.25, -0.2) is 0 Å². The van der Waals surface area contributed by atoms with Crippen molar-refractivity contribution >= 4 is 34.1 Å². The van der Waals surface area contributed by atoms with E-state index in [1.165, 1.54) is 17.1 Å². The predicted octanol–water partition coefficient (Wildman–Crippen LogP) is 2.85. The quantitative estimate of drug-likeness (QED) is 0.863. The van der Waals surface area contributed by atoms with E-state index in [-0.39, 0.29) is 0 Å². The number of hydrogen-bond donors (Lipinski definition) is 1. The number of ether oxygens (including phenoxy) is 1. The van der Waals surface area contributed by atoms with Crippen molar-refractivity contribution < 1.29 is 4.74 Å². The molecule has 4 nitrogen and oxygen atoms in total. The average molecular weight is 293 g/mol. The van der Waals surface area contributed by atoms with Gasteiger partial charge < -0.3 is 15.4 Å². The van der Waals surface area contributed by atoms with E-state index in [2.05, 4.69) is 15.3 Å². The number of fused-ring (bicyclic) bond motifs is 1. The second kappa shape index (κ2) is 5.30. The summed E-state index contributed by atoms with van der Waals surface area (Å²) < 4.78 is 10.1. The zero-order valence-corrected chi connectivity index (χ0v) is 12.3. The van der Waals surface area contributed by atoms with Crippen LogP contribution >= 0.6 is 23.3 Å². The zero-order valence-electron chi connectivity index (χ0n) is 10.6. The minimum Gasteiger partial charge on any atom is -0.491 e. The van der Waals surface area contributed by atoms with Gasteiger partial charge in [0, 0.05) is 12.1 Å². The highest BCUT2D eigenvalue weighted by Gasteiger charge is 2.21. The molecule has 0 saturated carbocycles. The predicted molar refractivity (Wildman–Crippen MR) is 81.3 cm³/mol. The Hall–Kier alpha value is -1.40. The molecule has 0 bridgehead atoms. The smallest absolute Gasteiger partial charge is 0.153 e. The fraction of sp³-hybridized carbons (Fsp3) is 0.308. The fourth-order valence-corrected chi connectivity index (χ4v) is 3.89. The molecule has 0 amide bonds. The lowest BCUT2D eigenvalue weighted by molar-refractivity contribution is 0.332. The van der Waals surface area contributed by atoms with E-state index < -0.39 is 0 Å². The van der Waals surface area contributed by atoms with Gasteiger partial charge in [0.2, 0.25) is 0 Å². The largest absolute Gasteiger partial charge is 0.491 e. The Balaban J connectivity index is 1.94. The summed E-state index contributed by atoms with van der Waals surface area (Å²) in [4.78, 5) is 3.37. The summed E-state index contributed by atoms with van der Waals surface area (Å²) in [6, 6.07) is 8.18. The minimum absolute atomic E-state index is 0.631. The molecule has 1 aromatic carbocycles. The molecule has 1 aliphatic rings. The molecule has 1 aromatic heterocycles. The van der Waals surface area contributed by atoms with Crippen molar-refractivity contribution in [3.05, 3.63) is 29.8 Å². The lowest BCUT2D eigenvalue weighted by Gasteiger charge is -2.20. The lowest BCUT2D eigenvalue weighted by Crippen LogP contribution is -2.24. The van der Waals surface area contributed by atoms with Gasteiger partial charge in [-0.15, -0.1) is 11.8 Å². The number of aromatic nitrogens is 1. The van der Waals surface area contributed by atoms with Crippen LogP contribution in [0.5, 0.6) is 5.75 Å². The molecule has 3 rings (SSSR count). The minimum atomic E-state index is 0.631. The fourth-order valence-electron chi connectivity index (χ4n) is 2.18. The molecule has 0 unspecified atom stereocenters. The highest BCUT2D eigenvalue weighted by Crippen LogP contribution is 2.39. The topological polar surface area (TPSA) is 51.4 Å².